The van der Waals surface area contributed by atoms with E-state index in [1.807, 2.05) is 0 Å². The van der Waals surface area contributed by atoms with Gasteiger partial charge in [0.25, 0.3) is 5.91 Å². The molecule has 0 saturated carbocycles. The lowest BCUT2D eigenvalue weighted by atomic mass is 10.1. The number of carboxylic acids is 1. The van der Waals surface area contributed by atoms with Crippen LogP contribution in [0.3, 0.4) is 0 Å². The molecule has 2 heterocycles. The minimum atomic E-state index is -1.04. The highest BCUT2D eigenvalue weighted by atomic mass is 32.2. The zero-order valence-electron chi connectivity index (χ0n) is 20.0. The Bertz CT molecular complexity index is 1130. The standard InChI is InChI=1S/C25H30N6O4S/c1-36-30-12-10-29(11-13-30)20-14-21(23(32)28-19-8-6-18(7-9-19)25(34)35)31(15-20)24(33)17-4-2-16(3-5-17)22(26)27/h2-9,20-21H,10-15H2,1H3,(H3,26,27)(H,28,32)(H,34,35). The van der Waals surface area contributed by atoms with E-state index >= 15 is 0 Å². The average molecular weight is 511 g/mol. The number of likely N-dealkylation sites (tertiary alicyclic amines) is 1. The number of nitrogen functional groups attached to an aromatic ring is 1. The number of carboxylic acid groups (broad SMARTS) is 1. The van der Waals surface area contributed by atoms with E-state index in [-0.39, 0.29) is 29.3 Å². The molecule has 2 amide bonds. The molecular formula is C25H30N6O4S. The summed E-state index contributed by atoms with van der Waals surface area (Å²) in [5.41, 5.74) is 7.09. The summed E-state index contributed by atoms with van der Waals surface area (Å²) in [5.74, 6) is -1.68. The maximum Gasteiger partial charge on any atom is 0.335 e. The van der Waals surface area contributed by atoms with E-state index in [0.717, 1.165) is 26.2 Å². The molecule has 2 aliphatic heterocycles. The number of benzene rings is 2. The molecule has 0 spiro atoms. The fraction of sp³-hybridized carbons (Fsp3) is 0.360. The molecule has 0 bridgehead atoms. The Morgan fingerprint density at radius 1 is 0.972 bits per heavy atom. The van der Waals surface area contributed by atoms with Gasteiger partial charge in [-0.1, -0.05) is 24.1 Å². The lowest BCUT2D eigenvalue weighted by molar-refractivity contribution is -0.119. The normalized spacial score (nSPS) is 20.8. The van der Waals surface area contributed by atoms with Gasteiger partial charge in [0.1, 0.15) is 11.9 Å². The zero-order valence-corrected chi connectivity index (χ0v) is 20.8. The Morgan fingerprint density at radius 3 is 2.11 bits per heavy atom. The third-order valence-corrected chi connectivity index (χ3v) is 7.61. The number of hydrogen-bond donors (Lipinski definition) is 4. The maximum atomic E-state index is 13.5. The van der Waals surface area contributed by atoms with Gasteiger partial charge in [-0.05, 0) is 49.1 Å². The molecule has 5 N–H and O–H groups in total. The van der Waals surface area contributed by atoms with Gasteiger partial charge in [0.2, 0.25) is 5.91 Å². The Kier molecular flexibility index (Phi) is 7.92. The van der Waals surface area contributed by atoms with Crippen molar-refractivity contribution in [3.8, 4) is 0 Å². The molecule has 2 fully saturated rings. The summed E-state index contributed by atoms with van der Waals surface area (Å²) in [5, 5.41) is 19.5. The van der Waals surface area contributed by atoms with Gasteiger partial charge < -0.3 is 21.1 Å². The molecule has 0 radical (unpaired) electrons. The molecular weight excluding hydrogens is 480 g/mol. The molecule has 2 unspecified atom stereocenters. The van der Waals surface area contributed by atoms with Crippen LogP contribution in [-0.2, 0) is 4.79 Å². The topological polar surface area (TPSA) is 143 Å². The van der Waals surface area contributed by atoms with E-state index in [0.29, 0.717) is 29.8 Å². The zero-order chi connectivity index (χ0) is 25.8. The summed E-state index contributed by atoms with van der Waals surface area (Å²) in [6.45, 7) is 4.01. The van der Waals surface area contributed by atoms with Crippen molar-refractivity contribution in [2.24, 2.45) is 5.73 Å². The van der Waals surface area contributed by atoms with Crippen LogP contribution in [-0.4, -0.2) is 93.9 Å². The first kappa shape index (κ1) is 25.7. The molecule has 11 heteroatoms. The third kappa shape index (κ3) is 5.69. The van der Waals surface area contributed by atoms with Gasteiger partial charge in [-0.15, -0.1) is 0 Å². The largest absolute Gasteiger partial charge is 0.478 e. The summed E-state index contributed by atoms with van der Waals surface area (Å²) < 4.78 is 2.30. The first-order valence-corrected chi connectivity index (χ1v) is 12.9. The van der Waals surface area contributed by atoms with Gasteiger partial charge in [-0.25, -0.2) is 9.10 Å². The molecule has 0 aliphatic carbocycles. The number of carbonyl (C=O) groups excluding carboxylic acids is 2. The monoisotopic (exact) mass is 510 g/mol. The third-order valence-electron chi connectivity index (χ3n) is 6.73. The minimum Gasteiger partial charge on any atom is -0.478 e. The number of piperazine rings is 1. The number of amides is 2. The van der Waals surface area contributed by atoms with Gasteiger partial charge in [0.15, 0.2) is 0 Å². The molecule has 2 aliphatic rings. The predicted octanol–water partition coefficient (Wildman–Crippen LogP) is 1.79. The fourth-order valence-corrected chi connectivity index (χ4v) is 5.21. The maximum absolute atomic E-state index is 13.5. The van der Waals surface area contributed by atoms with Crippen molar-refractivity contribution >= 4 is 41.3 Å². The van der Waals surface area contributed by atoms with Gasteiger partial charge in [0.05, 0.1) is 5.56 Å². The van der Waals surface area contributed by atoms with Crippen molar-refractivity contribution in [3.63, 3.8) is 0 Å². The number of amidine groups is 1. The fourth-order valence-electron chi connectivity index (χ4n) is 4.68. The molecule has 4 rings (SSSR count). The van der Waals surface area contributed by atoms with Crippen LogP contribution in [0.2, 0.25) is 0 Å². The number of hydrogen-bond acceptors (Lipinski definition) is 7. The van der Waals surface area contributed by atoms with Crippen LogP contribution in [0.25, 0.3) is 0 Å². The predicted molar refractivity (Wildman–Crippen MR) is 139 cm³/mol. The first-order valence-electron chi connectivity index (χ1n) is 11.7. The highest BCUT2D eigenvalue weighted by Crippen LogP contribution is 2.27. The summed E-state index contributed by atoms with van der Waals surface area (Å²) in [6, 6.07) is 11.8. The Balaban J connectivity index is 1.53. The minimum absolute atomic E-state index is 0.0552. The number of nitrogens with zero attached hydrogens (tertiary/aromatic N) is 3. The second kappa shape index (κ2) is 11.1. The van der Waals surface area contributed by atoms with Crippen LogP contribution >= 0.6 is 11.9 Å². The second-order valence-corrected chi connectivity index (χ2v) is 9.75. The smallest absolute Gasteiger partial charge is 0.335 e. The summed E-state index contributed by atoms with van der Waals surface area (Å²) in [7, 11) is 0. The summed E-state index contributed by atoms with van der Waals surface area (Å²) >= 11 is 1.72. The van der Waals surface area contributed by atoms with Crippen LogP contribution < -0.4 is 11.1 Å². The van der Waals surface area contributed by atoms with Crippen LogP contribution in [0, 0.1) is 5.41 Å². The number of rotatable bonds is 7. The van der Waals surface area contributed by atoms with Gasteiger partial charge >= 0.3 is 5.97 Å². The number of aromatic carboxylic acids is 1. The van der Waals surface area contributed by atoms with E-state index in [4.69, 9.17) is 16.2 Å². The number of nitrogens with two attached hydrogens (primary N) is 1. The van der Waals surface area contributed by atoms with Crippen molar-refractivity contribution in [2.75, 3.05) is 44.3 Å². The van der Waals surface area contributed by atoms with E-state index in [1.165, 1.54) is 12.1 Å². The quantitative estimate of drug-likeness (QED) is 0.251. The molecule has 190 valence electrons. The number of nitrogens with one attached hydrogen (secondary N) is 2. The molecule has 2 aromatic carbocycles. The van der Waals surface area contributed by atoms with Crippen LogP contribution in [0.1, 0.15) is 32.7 Å². The Hall–Kier alpha value is -3.41. The van der Waals surface area contributed by atoms with Gasteiger partial charge in [-0.3, -0.25) is 19.9 Å². The van der Waals surface area contributed by atoms with Gasteiger partial charge in [-0.2, -0.15) is 0 Å². The van der Waals surface area contributed by atoms with Crippen molar-refractivity contribution in [1.29, 1.82) is 5.41 Å². The van der Waals surface area contributed by atoms with Crippen LogP contribution in [0.4, 0.5) is 5.69 Å². The molecule has 36 heavy (non-hydrogen) atoms. The molecule has 0 aromatic heterocycles. The van der Waals surface area contributed by atoms with E-state index in [2.05, 4.69) is 20.8 Å². The Labute approximate surface area is 214 Å². The second-order valence-electron chi connectivity index (χ2n) is 8.87. The lowest BCUT2D eigenvalue weighted by Gasteiger charge is -2.36. The number of carbonyl (C=O) groups is 3. The van der Waals surface area contributed by atoms with Crippen molar-refractivity contribution < 1.29 is 19.5 Å². The summed E-state index contributed by atoms with van der Waals surface area (Å²) in [4.78, 5) is 42.0. The van der Waals surface area contributed by atoms with Crippen molar-refractivity contribution in [3.05, 3.63) is 65.2 Å². The number of anilines is 1. The molecule has 2 aromatic rings. The van der Waals surface area contributed by atoms with Crippen molar-refractivity contribution in [1.82, 2.24) is 14.1 Å². The van der Waals surface area contributed by atoms with E-state index in [9.17, 15) is 14.4 Å². The van der Waals surface area contributed by atoms with Crippen LogP contribution in [0.15, 0.2) is 48.5 Å². The van der Waals surface area contributed by atoms with E-state index in [1.54, 1.807) is 53.2 Å². The van der Waals surface area contributed by atoms with E-state index < -0.39 is 12.0 Å². The first-order chi connectivity index (χ1) is 17.3. The average Bonchev–Trinajstić information content (AvgIpc) is 3.34. The lowest BCUT2D eigenvalue weighted by Crippen LogP contribution is -2.49. The van der Waals surface area contributed by atoms with Crippen molar-refractivity contribution in [2.45, 2.75) is 18.5 Å². The van der Waals surface area contributed by atoms with Crippen LogP contribution in [0.5, 0.6) is 0 Å². The molecule has 2 atom stereocenters. The summed E-state index contributed by atoms with van der Waals surface area (Å²) in [6.07, 6.45) is 2.57. The Morgan fingerprint density at radius 2 is 1.56 bits per heavy atom. The molecule has 2 saturated heterocycles. The molecule has 10 nitrogen and oxygen atoms in total. The highest BCUT2D eigenvalue weighted by Gasteiger charge is 2.42. The SMILES string of the molecule is CSN1CCN(C2CC(C(=O)Nc3ccc(C(=O)O)cc3)N(C(=O)c3ccc(C(=N)N)cc3)C2)CC1. The van der Waals surface area contributed by atoms with Gasteiger partial charge in [0, 0.05) is 55.6 Å². The highest BCUT2D eigenvalue weighted by molar-refractivity contribution is 7.96.